The molecule has 21 heteroatoms. The molecule has 1 aliphatic carbocycles. The van der Waals surface area contributed by atoms with E-state index in [4.69, 9.17) is 23.0 Å². The van der Waals surface area contributed by atoms with E-state index in [0.29, 0.717) is 38.5 Å². The zero-order valence-electron chi connectivity index (χ0n) is 40.4. The van der Waals surface area contributed by atoms with Gasteiger partial charge in [-0.25, -0.2) is 9.13 Å². The van der Waals surface area contributed by atoms with Gasteiger partial charge in [-0.05, 0) is 51.4 Å². The Morgan fingerprint density at radius 1 is 0.779 bits per heavy atom. The second-order valence-corrected chi connectivity index (χ2v) is 21.1. The number of esters is 2. The van der Waals surface area contributed by atoms with Gasteiger partial charge in [0.25, 0.3) is 0 Å². The van der Waals surface area contributed by atoms with E-state index in [0.717, 1.165) is 57.4 Å². The molecule has 0 spiro atoms. The second kappa shape index (κ2) is 34.7. The van der Waals surface area contributed by atoms with Crippen LogP contribution in [0.5, 0.6) is 0 Å². The second-order valence-electron chi connectivity index (χ2n) is 18.5. The monoisotopic (exact) mass is 1020 g/mol. The number of hydrogen-bond acceptors (Lipinski definition) is 16. The van der Waals surface area contributed by atoms with E-state index in [1.807, 2.05) is 6.92 Å². The molecule has 1 saturated heterocycles. The molecule has 2 bridgehead atoms. The van der Waals surface area contributed by atoms with Crippen molar-refractivity contribution in [1.29, 1.82) is 0 Å². The number of carbonyl (C=O) groups excluding carboxylic acids is 2. The number of allylic oxidation sites excluding steroid dienone is 2. The lowest BCUT2D eigenvalue weighted by Gasteiger charge is -2.39. The van der Waals surface area contributed by atoms with Crippen molar-refractivity contribution in [2.24, 2.45) is 11.8 Å². The number of aliphatic hydroxyl groups excluding tert-OH is 7. The lowest BCUT2D eigenvalue weighted by atomic mass is 9.82. The Morgan fingerprint density at radius 2 is 1.38 bits per heavy atom. The maximum absolute atomic E-state index is 13.8. The third-order valence-corrected chi connectivity index (χ3v) is 14.1. The summed E-state index contributed by atoms with van der Waals surface area (Å²) in [5, 5.41) is 79.9. The number of phosphoric acid groups is 2. The van der Waals surface area contributed by atoms with E-state index in [9.17, 15) is 69.1 Å². The van der Waals surface area contributed by atoms with Gasteiger partial charge in [-0.15, -0.1) is 0 Å². The van der Waals surface area contributed by atoms with Gasteiger partial charge in [-0.2, -0.15) is 0 Å². The highest BCUT2D eigenvalue weighted by molar-refractivity contribution is 7.47. The SMILES string of the molecule is CCCCCCCC/C=C\CCCCCCCC(=O)O[C@@H]1COC(=O)CCCCCC[C@@H]2[C@@H](O)[C@H](O)[C@@H](O)[C@H](OP(=O)(O)OC1)[C@H](OP(=O)(O)O)[C@H](O)[C@@H](/C=C/[C@@H](O)CCCCC)[C@H](O)C[C@@H]2O. The normalized spacial score (nSPS) is 31.8. The van der Waals surface area contributed by atoms with Crippen LogP contribution in [0.1, 0.15) is 174 Å². The fourth-order valence-corrected chi connectivity index (χ4v) is 10.1. The van der Waals surface area contributed by atoms with Crippen LogP contribution in [0.3, 0.4) is 0 Å². The van der Waals surface area contributed by atoms with Gasteiger partial charge in [-0.1, -0.05) is 128 Å². The van der Waals surface area contributed by atoms with Crippen LogP contribution in [-0.4, -0.2) is 137 Å². The standard InChI is InChI=1S/C47H86O19P2/c1-3-5-7-8-9-10-11-12-13-14-15-16-17-18-24-28-41(52)64-35-32-62-40(51)27-23-20-19-22-26-36-38(49)31-39(50)37(30-29-34(48)25-21-6-4-2)43(54)46(65-67(57,58)59)47(45(56)44(55)42(36)53)66-68(60,61)63-33-35/h12-13,29-30,34-39,42-50,53-56H,3-11,14-28,31-33H2,1-2H3,(H,60,61)(H2,57,58,59)/b13-12-,30-29+/t34-,35+,36-,37-,38-,39+,42+,43+,44-,45+,46+,47-/m0/s1. The van der Waals surface area contributed by atoms with E-state index < -0.39 is 120 Å². The maximum Gasteiger partial charge on any atom is 0.472 e. The molecule has 0 aromatic heterocycles. The largest absolute Gasteiger partial charge is 0.472 e. The number of fused-ring (bicyclic) bond motifs is 4. The van der Waals surface area contributed by atoms with Crippen molar-refractivity contribution in [3.63, 3.8) is 0 Å². The number of phosphoric ester groups is 2. The molecular formula is C47H86O19P2. The molecule has 19 nitrogen and oxygen atoms in total. The van der Waals surface area contributed by atoms with Crippen molar-refractivity contribution < 1.29 is 92.2 Å². The van der Waals surface area contributed by atoms with Gasteiger partial charge in [0.2, 0.25) is 0 Å². The Balaban J connectivity index is 2.34. The van der Waals surface area contributed by atoms with Crippen molar-refractivity contribution >= 4 is 27.6 Å². The first-order chi connectivity index (χ1) is 32.3. The Morgan fingerprint density at radius 3 is 2.03 bits per heavy atom. The fraction of sp³-hybridized carbons (Fsp3) is 0.872. The predicted molar refractivity (Wildman–Crippen MR) is 252 cm³/mol. The van der Waals surface area contributed by atoms with Crippen LogP contribution >= 0.6 is 15.6 Å². The summed E-state index contributed by atoms with van der Waals surface area (Å²) in [5.74, 6) is -4.38. The van der Waals surface area contributed by atoms with Crippen molar-refractivity contribution in [2.45, 2.75) is 235 Å². The first-order valence-corrected chi connectivity index (χ1v) is 28.2. The molecule has 0 radical (unpaired) electrons. The highest BCUT2D eigenvalue weighted by Gasteiger charge is 2.51. The number of carbonyl (C=O) groups is 2. The van der Waals surface area contributed by atoms with Gasteiger partial charge in [0.15, 0.2) is 6.10 Å². The third-order valence-electron chi connectivity index (χ3n) is 12.6. The van der Waals surface area contributed by atoms with Crippen molar-refractivity contribution in [3.05, 3.63) is 24.3 Å². The number of unbranched alkanes of at least 4 members (excludes halogenated alkanes) is 13. The molecular weight excluding hydrogens is 930 g/mol. The molecule has 0 aromatic carbocycles. The average Bonchev–Trinajstić information content (AvgIpc) is 3.28. The third kappa shape index (κ3) is 26.2. The molecule has 0 aromatic rings. The van der Waals surface area contributed by atoms with E-state index >= 15 is 0 Å². The van der Waals surface area contributed by atoms with Crippen LogP contribution < -0.4 is 0 Å². The van der Waals surface area contributed by atoms with Gasteiger partial charge in [0, 0.05) is 31.1 Å². The molecule has 2 fully saturated rings. The van der Waals surface area contributed by atoms with Crippen LogP contribution in [0.4, 0.5) is 0 Å². The number of cyclic esters (lactones) is 1. The Labute approximate surface area is 403 Å². The number of hydrogen-bond donors (Lipinski definition) is 10. The van der Waals surface area contributed by atoms with E-state index in [1.54, 1.807) is 0 Å². The molecule has 398 valence electrons. The summed E-state index contributed by atoms with van der Waals surface area (Å²) in [4.78, 5) is 56.8. The smallest absolute Gasteiger partial charge is 0.462 e. The minimum atomic E-state index is -5.76. The summed E-state index contributed by atoms with van der Waals surface area (Å²) < 4.78 is 52.3. The van der Waals surface area contributed by atoms with Crippen LogP contribution in [0.15, 0.2) is 24.3 Å². The zero-order chi connectivity index (χ0) is 50.5. The van der Waals surface area contributed by atoms with Crippen LogP contribution in [0.25, 0.3) is 0 Å². The first kappa shape index (κ1) is 62.5. The summed E-state index contributed by atoms with van der Waals surface area (Å²) in [6.07, 6.45) is 3.06. The molecule has 13 atom stereocenters. The summed E-state index contributed by atoms with van der Waals surface area (Å²) in [7, 11) is -11.4. The van der Waals surface area contributed by atoms with E-state index in [2.05, 4.69) is 19.1 Å². The Bertz CT molecular complexity index is 1530. The molecule has 10 N–H and O–H groups in total. The minimum absolute atomic E-state index is 0.0257. The highest BCUT2D eigenvalue weighted by atomic mass is 31.2. The lowest BCUT2D eigenvalue weighted by Crippen LogP contribution is -2.56. The number of rotatable bonds is 24. The molecule has 2 aliphatic rings. The molecule has 68 heavy (non-hydrogen) atoms. The predicted octanol–water partition coefficient (Wildman–Crippen LogP) is 6.11. The van der Waals surface area contributed by atoms with Crippen molar-refractivity contribution in [1.82, 2.24) is 0 Å². The van der Waals surface area contributed by atoms with Crippen molar-refractivity contribution in [3.8, 4) is 0 Å². The van der Waals surface area contributed by atoms with Gasteiger partial charge < -0.3 is 59.9 Å². The van der Waals surface area contributed by atoms with Gasteiger partial charge in [-0.3, -0.25) is 23.2 Å². The van der Waals surface area contributed by atoms with Crippen LogP contribution in [-0.2, 0) is 41.8 Å². The fourth-order valence-electron chi connectivity index (χ4n) is 8.58. The molecule has 0 amide bonds. The maximum atomic E-state index is 13.8. The van der Waals surface area contributed by atoms with Gasteiger partial charge in [0.05, 0.1) is 37.1 Å². The zero-order valence-corrected chi connectivity index (χ0v) is 42.2. The summed E-state index contributed by atoms with van der Waals surface area (Å²) in [6, 6.07) is 0. The quantitative estimate of drug-likeness (QED) is 0.0226. The van der Waals surface area contributed by atoms with Gasteiger partial charge in [0.1, 0.15) is 31.0 Å². The minimum Gasteiger partial charge on any atom is -0.462 e. The summed E-state index contributed by atoms with van der Waals surface area (Å²) in [6.45, 7) is 2.59. The number of aliphatic hydroxyl groups is 7. The van der Waals surface area contributed by atoms with Crippen LogP contribution in [0.2, 0.25) is 0 Å². The molecule has 2 rings (SSSR count). The Hall–Kier alpha value is -1.64. The average molecular weight is 1020 g/mol. The van der Waals surface area contributed by atoms with Crippen LogP contribution in [0, 0.1) is 11.8 Å². The summed E-state index contributed by atoms with van der Waals surface area (Å²) >= 11 is 0. The number of ether oxygens (including phenoxy) is 2. The van der Waals surface area contributed by atoms with Gasteiger partial charge >= 0.3 is 27.6 Å². The van der Waals surface area contributed by atoms with Crippen molar-refractivity contribution in [2.75, 3.05) is 13.2 Å². The van der Waals surface area contributed by atoms with E-state index in [-0.39, 0.29) is 25.7 Å². The Kier molecular flexibility index (Phi) is 31.9. The molecule has 1 unspecified atom stereocenters. The first-order valence-electron chi connectivity index (χ1n) is 25.1. The molecule has 1 aliphatic heterocycles. The van der Waals surface area contributed by atoms with E-state index in [1.165, 1.54) is 44.6 Å². The molecule has 1 heterocycles. The summed E-state index contributed by atoms with van der Waals surface area (Å²) in [5.41, 5.74) is 0. The topological polar surface area (TPSA) is 317 Å². The molecule has 1 saturated carbocycles. The lowest BCUT2D eigenvalue weighted by molar-refractivity contribution is -0.165. The highest BCUT2D eigenvalue weighted by Crippen LogP contribution is 2.50.